The second-order valence-corrected chi connectivity index (χ2v) is 5.99. The fraction of sp³-hybridized carbons (Fsp3) is 0.533. The molecule has 1 atom stereocenters. The van der Waals surface area contributed by atoms with Crippen molar-refractivity contribution in [3.8, 4) is 5.75 Å². The Morgan fingerprint density at radius 1 is 1.45 bits per heavy atom. The van der Waals surface area contributed by atoms with Crippen LogP contribution >= 0.6 is 15.9 Å². The number of phenolic OH excluding ortho intramolecular Hbond substituents is 1. The van der Waals surface area contributed by atoms with Crippen LogP contribution in [0, 0.1) is 0 Å². The summed E-state index contributed by atoms with van der Waals surface area (Å²) in [4.78, 5) is 16.7. The van der Waals surface area contributed by atoms with Gasteiger partial charge in [-0.15, -0.1) is 0 Å². The van der Waals surface area contributed by atoms with E-state index in [0.29, 0.717) is 11.6 Å². The predicted octanol–water partition coefficient (Wildman–Crippen LogP) is 2.71. The Labute approximate surface area is 128 Å². The van der Waals surface area contributed by atoms with E-state index in [0.717, 1.165) is 37.1 Å². The minimum atomic E-state index is -0.0790. The first kappa shape index (κ1) is 15.3. The molecule has 4 nitrogen and oxygen atoms in total. The lowest BCUT2D eigenvalue weighted by molar-refractivity contribution is 0.0775. The van der Waals surface area contributed by atoms with E-state index in [2.05, 4.69) is 34.7 Å². The lowest BCUT2D eigenvalue weighted by Gasteiger charge is -2.26. The van der Waals surface area contributed by atoms with Crippen molar-refractivity contribution in [1.82, 2.24) is 9.80 Å². The number of nitrogens with zero attached hydrogens (tertiary/aromatic N) is 2. The van der Waals surface area contributed by atoms with Crippen LogP contribution in [0.1, 0.15) is 30.6 Å². The van der Waals surface area contributed by atoms with Gasteiger partial charge in [0.1, 0.15) is 5.75 Å². The molecule has 1 aromatic carbocycles. The molecule has 1 aliphatic rings. The molecule has 1 aliphatic heterocycles. The van der Waals surface area contributed by atoms with Crippen LogP contribution in [0.3, 0.4) is 0 Å². The summed E-state index contributed by atoms with van der Waals surface area (Å²) in [6, 6.07) is 5.45. The van der Waals surface area contributed by atoms with Crippen LogP contribution in [0.15, 0.2) is 22.7 Å². The number of carbonyl (C=O) groups is 1. The normalized spacial score (nSPS) is 18.8. The lowest BCUT2D eigenvalue weighted by atomic mass is 10.2. The molecule has 1 saturated heterocycles. The summed E-state index contributed by atoms with van der Waals surface area (Å²) in [5.74, 6) is -0.0414. The summed E-state index contributed by atoms with van der Waals surface area (Å²) in [6.07, 6.45) is 1.00. The molecule has 0 aliphatic carbocycles. The van der Waals surface area contributed by atoms with Crippen LogP contribution in [-0.2, 0) is 0 Å². The Hall–Kier alpha value is -1.07. The maximum Gasteiger partial charge on any atom is 0.257 e. The number of aromatic hydroxyl groups is 1. The monoisotopic (exact) mass is 340 g/mol. The highest BCUT2D eigenvalue weighted by molar-refractivity contribution is 9.10. The molecule has 5 heteroatoms. The van der Waals surface area contributed by atoms with E-state index in [-0.39, 0.29) is 11.7 Å². The molecular weight excluding hydrogens is 320 g/mol. The molecule has 0 bridgehead atoms. The highest BCUT2D eigenvalue weighted by Gasteiger charge is 2.30. The van der Waals surface area contributed by atoms with E-state index < -0.39 is 0 Å². The van der Waals surface area contributed by atoms with Gasteiger partial charge >= 0.3 is 0 Å². The number of likely N-dealkylation sites (N-methyl/N-ethyl adjacent to an activating group) is 1. The van der Waals surface area contributed by atoms with Crippen molar-refractivity contribution >= 4 is 21.8 Å². The van der Waals surface area contributed by atoms with Crippen molar-refractivity contribution < 1.29 is 9.90 Å². The highest BCUT2D eigenvalue weighted by atomic mass is 79.9. The number of carbonyl (C=O) groups excluding carboxylic acids is 1. The Morgan fingerprint density at radius 3 is 2.75 bits per heavy atom. The highest BCUT2D eigenvalue weighted by Crippen LogP contribution is 2.25. The Morgan fingerprint density at radius 2 is 2.15 bits per heavy atom. The molecule has 0 saturated carbocycles. The van der Waals surface area contributed by atoms with Crippen LogP contribution in [0.2, 0.25) is 0 Å². The largest absolute Gasteiger partial charge is 0.507 e. The fourth-order valence-electron chi connectivity index (χ4n) is 2.82. The van der Waals surface area contributed by atoms with Crippen LogP contribution in [-0.4, -0.2) is 53.0 Å². The molecule has 1 heterocycles. The average Bonchev–Trinajstić information content (AvgIpc) is 2.89. The van der Waals surface area contributed by atoms with E-state index in [4.69, 9.17) is 0 Å². The van der Waals surface area contributed by atoms with Crippen molar-refractivity contribution in [2.24, 2.45) is 0 Å². The van der Waals surface area contributed by atoms with Gasteiger partial charge in [-0.3, -0.25) is 9.69 Å². The maximum absolute atomic E-state index is 12.5. The zero-order chi connectivity index (χ0) is 14.7. The number of amides is 1. The number of hydrogen-bond donors (Lipinski definition) is 1. The molecule has 1 aromatic rings. The molecule has 110 valence electrons. The van der Waals surface area contributed by atoms with Crippen LogP contribution in [0.25, 0.3) is 0 Å². The number of halogens is 1. The van der Waals surface area contributed by atoms with E-state index in [1.165, 1.54) is 0 Å². The van der Waals surface area contributed by atoms with Crippen LogP contribution < -0.4 is 0 Å². The third kappa shape index (κ3) is 3.15. The molecule has 0 spiro atoms. The second-order valence-electron chi connectivity index (χ2n) is 5.08. The maximum atomic E-state index is 12.5. The molecule has 1 amide bonds. The SMILES string of the molecule is CCN(CC)C1CCN(C(=O)c2ccc(Br)cc2O)C1. The first-order valence-corrected chi connectivity index (χ1v) is 7.88. The topological polar surface area (TPSA) is 43.8 Å². The van der Waals surface area contributed by atoms with Gasteiger partial charge < -0.3 is 10.0 Å². The molecule has 2 rings (SSSR count). The summed E-state index contributed by atoms with van der Waals surface area (Å²) >= 11 is 3.28. The summed E-state index contributed by atoms with van der Waals surface area (Å²) in [5.41, 5.74) is 0.383. The Kier molecular flexibility index (Phi) is 5.05. The van der Waals surface area contributed by atoms with Crippen LogP contribution in [0.5, 0.6) is 5.75 Å². The van der Waals surface area contributed by atoms with E-state index in [9.17, 15) is 9.90 Å². The molecule has 20 heavy (non-hydrogen) atoms. The van der Waals surface area contributed by atoms with Gasteiger partial charge in [-0.05, 0) is 37.7 Å². The van der Waals surface area contributed by atoms with Gasteiger partial charge in [0.05, 0.1) is 5.56 Å². The number of phenols is 1. The van der Waals surface area contributed by atoms with Crippen molar-refractivity contribution in [1.29, 1.82) is 0 Å². The second kappa shape index (κ2) is 6.59. The summed E-state index contributed by atoms with van der Waals surface area (Å²) in [7, 11) is 0. The summed E-state index contributed by atoms with van der Waals surface area (Å²) in [5, 5.41) is 9.90. The van der Waals surface area contributed by atoms with Gasteiger partial charge in [-0.25, -0.2) is 0 Å². The Bertz CT molecular complexity index is 489. The van der Waals surface area contributed by atoms with Crippen molar-refractivity contribution in [3.05, 3.63) is 28.2 Å². The third-order valence-corrected chi connectivity index (χ3v) is 4.46. The fourth-order valence-corrected chi connectivity index (χ4v) is 3.17. The minimum absolute atomic E-state index is 0.0377. The van der Waals surface area contributed by atoms with Crippen molar-refractivity contribution in [2.45, 2.75) is 26.3 Å². The molecule has 0 aromatic heterocycles. The quantitative estimate of drug-likeness (QED) is 0.916. The van der Waals surface area contributed by atoms with Gasteiger partial charge in [0, 0.05) is 23.6 Å². The standard InChI is InChI=1S/C15H21BrN2O2/c1-3-17(4-2)12-7-8-18(10-12)15(20)13-6-5-11(16)9-14(13)19/h5-6,9,12,19H,3-4,7-8,10H2,1-2H3. The van der Waals surface area contributed by atoms with Gasteiger partial charge in [0.25, 0.3) is 5.91 Å². The minimum Gasteiger partial charge on any atom is -0.507 e. The first-order chi connectivity index (χ1) is 9.56. The summed E-state index contributed by atoms with van der Waals surface area (Å²) in [6.45, 7) is 7.81. The van der Waals surface area contributed by atoms with Crippen molar-refractivity contribution in [3.63, 3.8) is 0 Å². The van der Waals surface area contributed by atoms with E-state index in [1.807, 2.05) is 4.90 Å². The number of rotatable bonds is 4. The van der Waals surface area contributed by atoms with E-state index >= 15 is 0 Å². The molecule has 1 fully saturated rings. The van der Waals surface area contributed by atoms with Gasteiger partial charge in [0.2, 0.25) is 0 Å². The lowest BCUT2D eigenvalue weighted by Crippen LogP contribution is -2.38. The average molecular weight is 341 g/mol. The van der Waals surface area contributed by atoms with E-state index in [1.54, 1.807) is 18.2 Å². The zero-order valence-electron chi connectivity index (χ0n) is 12.0. The third-order valence-electron chi connectivity index (χ3n) is 3.97. The van der Waals surface area contributed by atoms with Crippen molar-refractivity contribution in [2.75, 3.05) is 26.2 Å². The Balaban J connectivity index is 2.08. The number of hydrogen-bond acceptors (Lipinski definition) is 3. The predicted molar refractivity (Wildman–Crippen MR) is 83.0 cm³/mol. The van der Waals surface area contributed by atoms with Gasteiger partial charge in [0.15, 0.2) is 0 Å². The number of likely N-dealkylation sites (tertiary alicyclic amines) is 1. The molecule has 1 N–H and O–H groups in total. The first-order valence-electron chi connectivity index (χ1n) is 7.08. The molecular formula is C15H21BrN2O2. The molecule has 0 radical (unpaired) electrons. The van der Waals surface area contributed by atoms with Crippen LogP contribution in [0.4, 0.5) is 0 Å². The number of benzene rings is 1. The smallest absolute Gasteiger partial charge is 0.257 e. The summed E-state index contributed by atoms with van der Waals surface area (Å²) < 4.78 is 0.772. The van der Waals surface area contributed by atoms with Gasteiger partial charge in [-0.2, -0.15) is 0 Å². The van der Waals surface area contributed by atoms with Gasteiger partial charge in [-0.1, -0.05) is 29.8 Å². The molecule has 1 unspecified atom stereocenters. The zero-order valence-corrected chi connectivity index (χ0v) is 13.6.